The second-order valence-corrected chi connectivity index (χ2v) is 5.25. The van der Waals surface area contributed by atoms with Crippen LogP contribution >= 0.6 is 0 Å². The summed E-state index contributed by atoms with van der Waals surface area (Å²) < 4.78 is 12.9. The highest BCUT2D eigenvalue weighted by atomic mass is 19.1. The minimum atomic E-state index is -0.367. The molecule has 0 radical (unpaired) electrons. The molecule has 5 heteroatoms. The lowest BCUT2D eigenvalue weighted by Gasteiger charge is -2.10. The Hall–Kier alpha value is -2.56. The Bertz CT molecular complexity index is 683. The molecule has 112 valence electrons. The van der Waals surface area contributed by atoms with Crippen molar-refractivity contribution in [1.29, 1.82) is 0 Å². The fraction of sp³-hybridized carbons (Fsp3) is 0.235. The van der Waals surface area contributed by atoms with Crippen LogP contribution in [0.3, 0.4) is 0 Å². The zero-order valence-electron chi connectivity index (χ0n) is 12.0. The molecule has 1 aromatic carbocycles. The summed E-state index contributed by atoms with van der Waals surface area (Å²) in [7, 11) is 0. The Morgan fingerprint density at radius 2 is 2.05 bits per heavy atom. The van der Waals surface area contributed by atoms with E-state index in [-0.39, 0.29) is 17.6 Å². The Balaban J connectivity index is 1.71. The van der Waals surface area contributed by atoms with Gasteiger partial charge < -0.3 is 0 Å². The first-order valence-electron chi connectivity index (χ1n) is 7.27. The molecule has 1 unspecified atom stereocenters. The van der Waals surface area contributed by atoms with Crippen LogP contribution in [-0.4, -0.2) is 16.6 Å². The molecule has 0 spiro atoms. The minimum absolute atomic E-state index is 0.162. The molecule has 1 fully saturated rings. The van der Waals surface area contributed by atoms with E-state index in [1.807, 2.05) is 18.2 Å². The van der Waals surface area contributed by atoms with E-state index in [1.165, 1.54) is 24.3 Å². The first-order valence-corrected chi connectivity index (χ1v) is 7.27. The van der Waals surface area contributed by atoms with Crippen LogP contribution in [0.5, 0.6) is 0 Å². The molecule has 1 amide bonds. The lowest BCUT2D eigenvalue weighted by atomic mass is 10.0. The van der Waals surface area contributed by atoms with Crippen LogP contribution in [0.2, 0.25) is 0 Å². The molecule has 1 heterocycles. The number of benzene rings is 1. The van der Waals surface area contributed by atoms with E-state index < -0.39 is 0 Å². The molecule has 22 heavy (non-hydrogen) atoms. The van der Waals surface area contributed by atoms with Crippen LogP contribution in [0.4, 0.5) is 4.39 Å². The van der Waals surface area contributed by atoms with Crippen LogP contribution < -0.4 is 5.43 Å². The predicted molar refractivity (Wildman–Crippen MR) is 82.1 cm³/mol. The smallest absolute Gasteiger partial charge is 0.267 e. The third-order valence-corrected chi connectivity index (χ3v) is 3.78. The van der Waals surface area contributed by atoms with Gasteiger partial charge in [0.1, 0.15) is 5.82 Å². The number of hydrogen-bond donors (Lipinski definition) is 1. The zero-order chi connectivity index (χ0) is 15.4. The highest BCUT2D eigenvalue weighted by molar-refractivity contribution is 5.97. The van der Waals surface area contributed by atoms with Crippen LogP contribution in [0.1, 0.15) is 41.2 Å². The summed E-state index contributed by atoms with van der Waals surface area (Å²) in [6.07, 6.45) is 4.64. The largest absolute Gasteiger partial charge is 0.271 e. The molecule has 2 aromatic rings. The van der Waals surface area contributed by atoms with Gasteiger partial charge in [-0.15, -0.1) is 0 Å². The van der Waals surface area contributed by atoms with Gasteiger partial charge in [-0.05, 0) is 55.7 Å². The lowest BCUT2D eigenvalue weighted by Crippen LogP contribution is -2.20. The molecular weight excluding hydrogens is 281 g/mol. The highest BCUT2D eigenvalue weighted by Crippen LogP contribution is 2.30. The molecule has 1 saturated carbocycles. The number of nitrogens with zero attached hydrogens (tertiary/aromatic N) is 2. The van der Waals surface area contributed by atoms with Gasteiger partial charge in [0.25, 0.3) is 5.91 Å². The first kappa shape index (κ1) is 14.4. The van der Waals surface area contributed by atoms with Gasteiger partial charge in [0, 0.05) is 29.1 Å². The van der Waals surface area contributed by atoms with E-state index in [0.717, 1.165) is 30.7 Å². The number of aromatic nitrogens is 1. The van der Waals surface area contributed by atoms with Crippen molar-refractivity contribution in [2.45, 2.75) is 25.2 Å². The fourth-order valence-electron chi connectivity index (χ4n) is 2.65. The van der Waals surface area contributed by atoms with Crippen LogP contribution in [0.15, 0.2) is 53.8 Å². The average Bonchev–Trinajstić information content (AvgIpc) is 3.02. The molecule has 1 atom stereocenters. The minimum Gasteiger partial charge on any atom is -0.267 e. The second kappa shape index (κ2) is 6.47. The number of hydrazone groups is 1. The van der Waals surface area contributed by atoms with Gasteiger partial charge in [-0.2, -0.15) is 5.10 Å². The predicted octanol–water partition coefficient (Wildman–Crippen LogP) is 3.27. The number of nitrogens with one attached hydrogen (secondary N) is 1. The topological polar surface area (TPSA) is 54.4 Å². The molecule has 0 saturated heterocycles. The molecule has 1 N–H and O–H groups in total. The standard InChI is InChI=1S/C17H16FN3O/c18-13-9-7-12(8-10-13)17(22)21-20-16-6-3-4-14(16)15-5-1-2-11-19-15/h1-2,5,7-11,14H,3-4,6H2,(H,21,22)/b20-16+. The summed E-state index contributed by atoms with van der Waals surface area (Å²) in [4.78, 5) is 16.4. The number of hydrogen-bond acceptors (Lipinski definition) is 3. The van der Waals surface area contributed by atoms with Gasteiger partial charge in [-0.25, -0.2) is 9.82 Å². The Morgan fingerprint density at radius 3 is 2.77 bits per heavy atom. The van der Waals surface area contributed by atoms with Crippen molar-refractivity contribution in [3.63, 3.8) is 0 Å². The summed E-state index contributed by atoms with van der Waals surface area (Å²) in [5, 5.41) is 4.26. The van der Waals surface area contributed by atoms with Crippen LogP contribution in [0, 0.1) is 5.82 Å². The third kappa shape index (κ3) is 3.19. The Morgan fingerprint density at radius 1 is 1.23 bits per heavy atom. The molecule has 3 rings (SSSR count). The van der Waals surface area contributed by atoms with Gasteiger partial charge in [0.05, 0.1) is 0 Å². The van der Waals surface area contributed by atoms with Crippen LogP contribution in [0.25, 0.3) is 0 Å². The number of carbonyl (C=O) groups is 1. The van der Waals surface area contributed by atoms with Crippen LogP contribution in [-0.2, 0) is 0 Å². The average molecular weight is 297 g/mol. The van der Waals surface area contributed by atoms with E-state index in [1.54, 1.807) is 6.20 Å². The summed E-state index contributed by atoms with van der Waals surface area (Å²) in [5.74, 6) is -0.539. The second-order valence-electron chi connectivity index (χ2n) is 5.25. The molecule has 1 aliphatic carbocycles. The Labute approximate surface area is 128 Å². The van der Waals surface area contributed by atoms with Crippen molar-refractivity contribution in [2.75, 3.05) is 0 Å². The van der Waals surface area contributed by atoms with Crippen molar-refractivity contribution < 1.29 is 9.18 Å². The maximum Gasteiger partial charge on any atom is 0.271 e. The summed E-state index contributed by atoms with van der Waals surface area (Å²) in [5.41, 5.74) is 4.87. The number of rotatable bonds is 3. The maximum atomic E-state index is 12.9. The van der Waals surface area contributed by atoms with Gasteiger partial charge in [0.2, 0.25) is 0 Å². The van der Waals surface area contributed by atoms with E-state index in [9.17, 15) is 9.18 Å². The molecule has 1 aliphatic rings. The molecule has 0 bridgehead atoms. The van der Waals surface area contributed by atoms with Gasteiger partial charge >= 0.3 is 0 Å². The summed E-state index contributed by atoms with van der Waals surface area (Å²) >= 11 is 0. The molecular formula is C17H16FN3O. The van der Waals surface area contributed by atoms with Crippen molar-refractivity contribution in [2.24, 2.45) is 5.10 Å². The summed E-state index contributed by atoms with van der Waals surface area (Å²) in [6.45, 7) is 0. The molecule has 4 nitrogen and oxygen atoms in total. The fourth-order valence-corrected chi connectivity index (χ4v) is 2.65. The van der Waals surface area contributed by atoms with Gasteiger partial charge in [-0.3, -0.25) is 9.78 Å². The number of amides is 1. The highest BCUT2D eigenvalue weighted by Gasteiger charge is 2.25. The van der Waals surface area contributed by atoms with Gasteiger partial charge in [0.15, 0.2) is 0 Å². The van der Waals surface area contributed by atoms with E-state index >= 15 is 0 Å². The van der Waals surface area contributed by atoms with E-state index in [4.69, 9.17) is 0 Å². The zero-order valence-corrected chi connectivity index (χ0v) is 12.0. The monoisotopic (exact) mass is 297 g/mol. The maximum absolute atomic E-state index is 12.9. The first-order chi connectivity index (χ1) is 10.7. The van der Waals surface area contributed by atoms with Crippen molar-refractivity contribution >= 4 is 11.6 Å². The van der Waals surface area contributed by atoms with Crippen molar-refractivity contribution in [3.05, 3.63) is 65.7 Å². The molecule has 0 aliphatic heterocycles. The SMILES string of the molecule is O=C(N/N=C1\CCCC1c1ccccn1)c1ccc(F)cc1. The van der Waals surface area contributed by atoms with Gasteiger partial charge in [-0.1, -0.05) is 6.07 Å². The van der Waals surface area contributed by atoms with Crippen molar-refractivity contribution in [3.8, 4) is 0 Å². The normalized spacial score (nSPS) is 19.3. The number of pyridine rings is 1. The number of halogens is 1. The van der Waals surface area contributed by atoms with Crippen molar-refractivity contribution in [1.82, 2.24) is 10.4 Å². The Kier molecular flexibility index (Phi) is 4.23. The van der Waals surface area contributed by atoms with E-state index in [2.05, 4.69) is 15.5 Å². The lowest BCUT2D eigenvalue weighted by molar-refractivity contribution is 0.0954. The third-order valence-electron chi connectivity index (χ3n) is 3.78. The number of carbonyl (C=O) groups excluding carboxylic acids is 1. The summed E-state index contributed by atoms with van der Waals surface area (Å²) in [6, 6.07) is 11.2. The van der Waals surface area contributed by atoms with E-state index in [0.29, 0.717) is 5.56 Å². The molecule has 1 aromatic heterocycles. The quantitative estimate of drug-likeness (QED) is 0.884.